The van der Waals surface area contributed by atoms with Gasteiger partial charge in [0.2, 0.25) is 5.91 Å². The van der Waals surface area contributed by atoms with Gasteiger partial charge in [0.25, 0.3) is 0 Å². The number of anilines is 1. The second-order valence-electron chi connectivity index (χ2n) is 6.45. The van der Waals surface area contributed by atoms with Crippen LogP contribution < -0.4 is 5.32 Å². The lowest BCUT2D eigenvalue weighted by Crippen LogP contribution is -2.35. The molecule has 0 aromatic heterocycles. The fourth-order valence-electron chi connectivity index (χ4n) is 3.49. The molecule has 1 fully saturated rings. The maximum Gasteiger partial charge on any atom is 0.246 e. The third-order valence-corrected chi connectivity index (χ3v) is 4.66. The molecule has 1 amide bonds. The Morgan fingerprint density at radius 2 is 1.71 bits per heavy atom. The molecule has 126 valence electrons. The number of para-hydroxylation sites is 1. The van der Waals surface area contributed by atoms with Crippen LogP contribution in [-0.4, -0.2) is 23.9 Å². The quantitative estimate of drug-likeness (QED) is 0.854. The van der Waals surface area contributed by atoms with E-state index in [0.29, 0.717) is 0 Å². The van der Waals surface area contributed by atoms with Crippen LogP contribution in [0.5, 0.6) is 0 Å². The van der Waals surface area contributed by atoms with Gasteiger partial charge in [0, 0.05) is 5.69 Å². The van der Waals surface area contributed by atoms with E-state index in [0.717, 1.165) is 37.2 Å². The third-order valence-electron chi connectivity index (χ3n) is 4.66. The van der Waals surface area contributed by atoms with E-state index in [1.54, 1.807) is 0 Å². The summed E-state index contributed by atoms with van der Waals surface area (Å²) in [4.78, 5) is 15.4. The number of nitrogens with zero attached hydrogens (tertiary/aromatic N) is 1. The molecular weight excluding hydrogens is 296 g/mol. The molecule has 2 aromatic rings. The van der Waals surface area contributed by atoms with E-state index in [-0.39, 0.29) is 11.9 Å². The van der Waals surface area contributed by atoms with E-state index in [2.05, 4.69) is 35.3 Å². The summed E-state index contributed by atoms with van der Waals surface area (Å²) in [5.41, 5.74) is 3.23. The maximum atomic E-state index is 13.1. The number of carbonyl (C=O) groups is 1. The smallest absolute Gasteiger partial charge is 0.246 e. The van der Waals surface area contributed by atoms with Crippen LogP contribution >= 0.6 is 0 Å². The average Bonchev–Trinajstić information content (AvgIpc) is 3.12. The first-order valence-electron chi connectivity index (χ1n) is 8.97. The molecule has 0 spiro atoms. The summed E-state index contributed by atoms with van der Waals surface area (Å²) in [7, 11) is 0. The second kappa shape index (κ2) is 8.11. The molecule has 1 aliphatic heterocycles. The second-order valence-corrected chi connectivity index (χ2v) is 6.45. The fraction of sp³-hybridized carbons (Fsp3) is 0.381. The molecule has 0 radical (unpaired) electrons. The number of likely N-dealkylation sites (tertiary alicyclic amines) is 1. The predicted octanol–water partition coefficient (Wildman–Crippen LogP) is 4.41. The highest BCUT2D eigenvalue weighted by molar-refractivity contribution is 5.96. The van der Waals surface area contributed by atoms with Crippen molar-refractivity contribution < 1.29 is 4.79 Å². The third kappa shape index (κ3) is 3.85. The Kier molecular flexibility index (Phi) is 5.65. The number of amides is 1. The van der Waals surface area contributed by atoms with Gasteiger partial charge in [-0.2, -0.15) is 0 Å². The van der Waals surface area contributed by atoms with Crippen molar-refractivity contribution in [3.8, 4) is 0 Å². The van der Waals surface area contributed by atoms with Crippen LogP contribution in [0.4, 0.5) is 5.69 Å². The van der Waals surface area contributed by atoms with Gasteiger partial charge in [-0.1, -0.05) is 61.9 Å². The molecule has 1 heterocycles. The standard InChI is InChI=1S/C21H26N2O/c1-2-10-17-11-6-7-14-19(17)22-21(24)20(23-15-8-9-16-23)18-12-4-3-5-13-18/h3-7,11-14,20H,2,8-10,15-16H2,1H3,(H,22,24). The first-order valence-corrected chi connectivity index (χ1v) is 8.97. The monoisotopic (exact) mass is 322 g/mol. The minimum atomic E-state index is -0.205. The van der Waals surface area contributed by atoms with Gasteiger partial charge >= 0.3 is 0 Å². The minimum Gasteiger partial charge on any atom is -0.324 e. The number of aryl methyl sites for hydroxylation is 1. The molecule has 0 bridgehead atoms. The summed E-state index contributed by atoms with van der Waals surface area (Å²) in [6.45, 7) is 4.14. The van der Waals surface area contributed by atoms with Crippen LogP contribution in [0.15, 0.2) is 54.6 Å². The normalized spacial score (nSPS) is 16.0. The van der Waals surface area contributed by atoms with Gasteiger partial charge in [-0.25, -0.2) is 0 Å². The van der Waals surface area contributed by atoms with Crippen LogP contribution in [-0.2, 0) is 11.2 Å². The van der Waals surface area contributed by atoms with Crippen molar-refractivity contribution in [1.29, 1.82) is 0 Å². The molecule has 1 unspecified atom stereocenters. The maximum absolute atomic E-state index is 13.1. The predicted molar refractivity (Wildman–Crippen MR) is 99.1 cm³/mol. The highest BCUT2D eigenvalue weighted by atomic mass is 16.2. The highest BCUT2D eigenvalue weighted by Gasteiger charge is 2.29. The number of nitrogens with one attached hydrogen (secondary N) is 1. The summed E-state index contributed by atoms with van der Waals surface area (Å²) in [6.07, 6.45) is 4.39. The Hall–Kier alpha value is -2.13. The van der Waals surface area contributed by atoms with E-state index in [9.17, 15) is 4.79 Å². The lowest BCUT2D eigenvalue weighted by Gasteiger charge is -2.27. The molecule has 24 heavy (non-hydrogen) atoms. The van der Waals surface area contributed by atoms with Gasteiger partial charge < -0.3 is 5.32 Å². The van der Waals surface area contributed by atoms with E-state index in [1.165, 1.54) is 18.4 Å². The van der Waals surface area contributed by atoms with Crippen molar-refractivity contribution in [2.45, 2.75) is 38.6 Å². The highest BCUT2D eigenvalue weighted by Crippen LogP contribution is 2.27. The Bertz CT molecular complexity index is 663. The Morgan fingerprint density at radius 1 is 1.04 bits per heavy atom. The molecule has 2 aromatic carbocycles. The Morgan fingerprint density at radius 3 is 2.42 bits per heavy atom. The lowest BCUT2D eigenvalue weighted by molar-refractivity contribution is -0.121. The van der Waals surface area contributed by atoms with Gasteiger partial charge in [0.05, 0.1) is 0 Å². The molecule has 0 saturated carbocycles. The van der Waals surface area contributed by atoms with Crippen molar-refractivity contribution in [2.24, 2.45) is 0 Å². The molecule has 3 heteroatoms. The summed E-state index contributed by atoms with van der Waals surface area (Å²) < 4.78 is 0. The number of carbonyl (C=O) groups excluding carboxylic acids is 1. The van der Waals surface area contributed by atoms with Crippen molar-refractivity contribution in [3.05, 3.63) is 65.7 Å². The van der Waals surface area contributed by atoms with Crippen LogP contribution in [0.3, 0.4) is 0 Å². The van der Waals surface area contributed by atoms with Crippen molar-refractivity contribution in [2.75, 3.05) is 18.4 Å². The largest absolute Gasteiger partial charge is 0.324 e. The van der Waals surface area contributed by atoms with Crippen molar-refractivity contribution >= 4 is 11.6 Å². The Balaban J connectivity index is 1.84. The molecule has 1 saturated heterocycles. The van der Waals surface area contributed by atoms with Gasteiger partial charge in [-0.3, -0.25) is 9.69 Å². The summed E-state index contributed by atoms with van der Waals surface area (Å²) in [5.74, 6) is 0.0756. The van der Waals surface area contributed by atoms with E-state index in [1.807, 2.05) is 36.4 Å². The van der Waals surface area contributed by atoms with Crippen molar-refractivity contribution in [3.63, 3.8) is 0 Å². The zero-order valence-electron chi connectivity index (χ0n) is 14.4. The van der Waals surface area contributed by atoms with E-state index in [4.69, 9.17) is 0 Å². The minimum absolute atomic E-state index is 0.0756. The number of hydrogen-bond acceptors (Lipinski definition) is 2. The number of benzene rings is 2. The van der Waals surface area contributed by atoms with E-state index < -0.39 is 0 Å². The fourth-order valence-corrected chi connectivity index (χ4v) is 3.49. The first kappa shape index (κ1) is 16.7. The summed E-state index contributed by atoms with van der Waals surface area (Å²) in [5, 5.41) is 3.19. The molecule has 3 rings (SSSR count). The van der Waals surface area contributed by atoms with Gasteiger partial charge in [-0.05, 0) is 49.5 Å². The molecule has 0 aliphatic carbocycles. The first-order chi connectivity index (χ1) is 11.8. The molecule has 3 nitrogen and oxygen atoms in total. The summed E-state index contributed by atoms with van der Waals surface area (Å²) >= 11 is 0. The molecular formula is C21H26N2O. The average molecular weight is 322 g/mol. The van der Waals surface area contributed by atoms with Crippen molar-refractivity contribution in [1.82, 2.24) is 4.90 Å². The SMILES string of the molecule is CCCc1ccccc1NC(=O)C(c1ccccc1)N1CCCC1. The lowest BCUT2D eigenvalue weighted by atomic mass is 10.0. The molecule has 1 N–H and O–H groups in total. The van der Waals surface area contributed by atoms with Gasteiger partial charge in [-0.15, -0.1) is 0 Å². The topological polar surface area (TPSA) is 32.3 Å². The van der Waals surface area contributed by atoms with Crippen LogP contribution in [0.2, 0.25) is 0 Å². The van der Waals surface area contributed by atoms with Gasteiger partial charge in [0.1, 0.15) is 6.04 Å². The zero-order chi connectivity index (χ0) is 16.8. The van der Waals surface area contributed by atoms with E-state index >= 15 is 0 Å². The van der Waals surface area contributed by atoms with Crippen LogP contribution in [0.25, 0.3) is 0 Å². The van der Waals surface area contributed by atoms with Crippen LogP contribution in [0.1, 0.15) is 43.4 Å². The molecule has 1 atom stereocenters. The molecule has 1 aliphatic rings. The zero-order valence-corrected chi connectivity index (χ0v) is 14.4. The summed E-state index contributed by atoms with van der Waals surface area (Å²) in [6, 6.07) is 18.1. The number of rotatable bonds is 6. The van der Waals surface area contributed by atoms with Crippen LogP contribution in [0, 0.1) is 0 Å². The number of hydrogen-bond donors (Lipinski definition) is 1. The Labute approximate surface area is 144 Å². The van der Waals surface area contributed by atoms with Gasteiger partial charge in [0.15, 0.2) is 0 Å².